The van der Waals surface area contributed by atoms with Gasteiger partial charge in [-0.2, -0.15) is 0 Å². The number of rotatable bonds is 4. The minimum absolute atomic E-state index is 0.242. The minimum atomic E-state index is -1.01. The van der Waals surface area contributed by atoms with Gasteiger partial charge in [0.05, 0.1) is 4.90 Å². The van der Waals surface area contributed by atoms with Crippen LogP contribution in [0.4, 0.5) is 8.78 Å². The molecule has 0 radical (unpaired) electrons. The van der Waals surface area contributed by atoms with Crippen LogP contribution in [0.2, 0.25) is 0 Å². The molecule has 2 aromatic heterocycles. The van der Waals surface area contributed by atoms with Crippen molar-refractivity contribution in [1.29, 1.82) is 0 Å². The summed E-state index contributed by atoms with van der Waals surface area (Å²) in [5, 5.41) is 18.9. The lowest BCUT2D eigenvalue weighted by molar-refractivity contribution is 0.0705. The lowest BCUT2D eigenvalue weighted by Crippen LogP contribution is -2.19. The van der Waals surface area contributed by atoms with Crippen molar-refractivity contribution < 1.29 is 18.8 Å². The summed E-state index contributed by atoms with van der Waals surface area (Å²) >= 11 is 0.734. The molecule has 7 nitrogen and oxygen atoms in total. The summed E-state index contributed by atoms with van der Waals surface area (Å²) in [5.41, 5.74) is 1.59. The van der Waals surface area contributed by atoms with Crippen LogP contribution in [-0.4, -0.2) is 30.9 Å². The summed E-state index contributed by atoms with van der Waals surface area (Å²) < 4.78 is 30.3. The standard InChI is InChI=1S/C19H13F2N5O2S/c1-26-17(15-12-5-3-2-4-10(12)6-7-22-15)23-24-19(26)29-16-13(20)8-11(9-14(16)21)18(27)25-28/h2-9,28H,1H3,(H,25,27). The summed E-state index contributed by atoms with van der Waals surface area (Å²) in [5.74, 6) is -2.48. The summed E-state index contributed by atoms with van der Waals surface area (Å²) in [6, 6.07) is 11.2. The van der Waals surface area contributed by atoms with Gasteiger partial charge in [0.15, 0.2) is 11.0 Å². The molecule has 0 bridgehead atoms. The van der Waals surface area contributed by atoms with Gasteiger partial charge >= 0.3 is 0 Å². The number of halogens is 2. The average Bonchev–Trinajstić information content (AvgIpc) is 3.09. The molecule has 0 atom stereocenters. The number of fused-ring (bicyclic) bond motifs is 1. The Morgan fingerprint density at radius 1 is 1.14 bits per heavy atom. The molecule has 0 aliphatic rings. The zero-order valence-electron chi connectivity index (χ0n) is 14.9. The lowest BCUT2D eigenvalue weighted by Gasteiger charge is -2.08. The van der Waals surface area contributed by atoms with Gasteiger partial charge in [0.25, 0.3) is 5.91 Å². The smallest absolute Gasteiger partial charge is 0.274 e. The molecule has 2 aromatic carbocycles. The summed E-state index contributed by atoms with van der Waals surface area (Å²) in [6.07, 6.45) is 1.66. The first-order valence-corrected chi connectivity index (χ1v) is 9.16. The number of nitrogens with zero attached hydrogens (tertiary/aromatic N) is 4. The van der Waals surface area contributed by atoms with Crippen molar-refractivity contribution in [1.82, 2.24) is 25.2 Å². The van der Waals surface area contributed by atoms with Gasteiger partial charge < -0.3 is 4.57 Å². The van der Waals surface area contributed by atoms with Gasteiger partial charge in [0, 0.05) is 24.2 Å². The van der Waals surface area contributed by atoms with Gasteiger partial charge in [-0.1, -0.05) is 24.3 Å². The molecule has 10 heteroatoms. The maximum atomic E-state index is 14.4. The van der Waals surface area contributed by atoms with Gasteiger partial charge in [-0.15, -0.1) is 10.2 Å². The number of hydrogen-bond acceptors (Lipinski definition) is 6. The SMILES string of the molecule is Cn1c(Sc2c(F)cc(C(=O)NO)cc2F)nnc1-c1nccc2ccccc12. The van der Waals surface area contributed by atoms with Crippen LogP contribution < -0.4 is 5.48 Å². The van der Waals surface area contributed by atoms with E-state index in [1.165, 1.54) is 5.48 Å². The van der Waals surface area contributed by atoms with Crippen molar-refractivity contribution in [2.75, 3.05) is 0 Å². The quantitative estimate of drug-likeness (QED) is 0.392. The normalized spacial score (nSPS) is 11.0. The Hall–Kier alpha value is -3.37. The molecule has 4 rings (SSSR count). The largest absolute Gasteiger partial charge is 0.304 e. The highest BCUT2D eigenvalue weighted by Crippen LogP contribution is 2.34. The molecule has 1 amide bonds. The third-order valence-corrected chi connectivity index (χ3v) is 5.41. The number of hydroxylamine groups is 1. The maximum absolute atomic E-state index is 14.4. The zero-order valence-corrected chi connectivity index (χ0v) is 15.7. The molecule has 0 spiro atoms. The molecule has 0 saturated heterocycles. The van der Waals surface area contributed by atoms with E-state index in [1.54, 1.807) is 17.8 Å². The van der Waals surface area contributed by atoms with E-state index < -0.39 is 17.5 Å². The van der Waals surface area contributed by atoms with Crippen LogP contribution in [0.25, 0.3) is 22.3 Å². The van der Waals surface area contributed by atoms with Crippen LogP contribution in [0, 0.1) is 11.6 Å². The second-order valence-electron chi connectivity index (χ2n) is 6.06. The van der Waals surface area contributed by atoms with E-state index in [9.17, 15) is 13.6 Å². The molecule has 0 aliphatic heterocycles. The number of aromatic nitrogens is 4. The van der Waals surface area contributed by atoms with Crippen molar-refractivity contribution in [3.63, 3.8) is 0 Å². The van der Waals surface area contributed by atoms with Gasteiger partial charge in [-0.3, -0.25) is 15.0 Å². The molecular weight excluding hydrogens is 400 g/mol. The fourth-order valence-corrected chi connectivity index (χ4v) is 3.65. The Labute approximate surface area is 167 Å². The van der Waals surface area contributed by atoms with Crippen molar-refractivity contribution in [3.05, 3.63) is 65.9 Å². The van der Waals surface area contributed by atoms with Crippen molar-refractivity contribution in [2.24, 2.45) is 7.05 Å². The summed E-state index contributed by atoms with van der Waals surface area (Å²) in [7, 11) is 1.67. The number of benzene rings is 2. The molecular formula is C19H13F2N5O2S. The van der Waals surface area contributed by atoms with Gasteiger partial charge in [-0.05, 0) is 35.3 Å². The van der Waals surface area contributed by atoms with Crippen molar-refractivity contribution in [3.8, 4) is 11.5 Å². The average molecular weight is 413 g/mol. The first kappa shape index (κ1) is 19.0. The van der Waals surface area contributed by atoms with Crippen LogP contribution in [0.5, 0.6) is 0 Å². The number of carbonyl (C=O) groups excluding carboxylic acids is 1. The highest BCUT2D eigenvalue weighted by atomic mass is 32.2. The molecule has 2 heterocycles. The summed E-state index contributed by atoms with van der Waals surface area (Å²) in [4.78, 5) is 15.4. The van der Waals surface area contributed by atoms with Crippen LogP contribution in [0.1, 0.15) is 10.4 Å². The first-order valence-electron chi connectivity index (χ1n) is 8.34. The minimum Gasteiger partial charge on any atom is -0.304 e. The predicted octanol–water partition coefficient (Wildman–Crippen LogP) is 3.58. The van der Waals surface area contributed by atoms with E-state index in [1.807, 2.05) is 30.3 Å². The third kappa shape index (κ3) is 3.43. The van der Waals surface area contributed by atoms with Gasteiger partial charge in [0.2, 0.25) is 0 Å². The van der Waals surface area contributed by atoms with E-state index >= 15 is 0 Å². The first-order chi connectivity index (χ1) is 14.0. The number of hydrogen-bond donors (Lipinski definition) is 2. The topological polar surface area (TPSA) is 92.9 Å². The van der Waals surface area contributed by atoms with E-state index in [4.69, 9.17) is 5.21 Å². The van der Waals surface area contributed by atoms with E-state index in [-0.39, 0.29) is 15.6 Å². The van der Waals surface area contributed by atoms with Crippen molar-refractivity contribution in [2.45, 2.75) is 10.1 Å². The second kappa shape index (κ2) is 7.57. The fraction of sp³-hybridized carbons (Fsp3) is 0.0526. The Morgan fingerprint density at radius 2 is 1.86 bits per heavy atom. The van der Waals surface area contributed by atoms with Crippen LogP contribution in [0.3, 0.4) is 0 Å². The number of carbonyl (C=O) groups is 1. The number of amides is 1. The number of nitrogens with one attached hydrogen (secondary N) is 1. The molecule has 29 heavy (non-hydrogen) atoms. The van der Waals surface area contributed by atoms with Crippen LogP contribution >= 0.6 is 11.8 Å². The lowest BCUT2D eigenvalue weighted by atomic mass is 10.1. The molecule has 0 fully saturated rings. The van der Waals surface area contributed by atoms with E-state index in [2.05, 4.69) is 15.2 Å². The Bertz CT molecular complexity index is 1220. The zero-order chi connectivity index (χ0) is 20.5. The van der Waals surface area contributed by atoms with E-state index in [0.717, 1.165) is 34.7 Å². The fourth-order valence-electron chi connectivity index (χ4n) is 2.85. The molecule has 0 saturated carbocycles. The molecule has 146 valence electrons. The molecule has 4 aromatic rings. The van der Waals surface area contributed by atoms with Crippen LogP contribution in [0.15, 0.2) is 58.7 Å². The number of pyridine rings is 1. The molecule has 2 N–H and O–H groups in total. The highest BCUT2D eigenvalue weighted by molar-refractivity contribution is 7.99. The molecule has 0 unspecified atom stereocenters. The second-order valence-corrected chi connectivity index (χ2v) is 7.04. The van der Waals surface area contributed by atoms with Gasteiger partial charge in [-0.25, -0.2) is 14.3 Å². The highest BCUT2D eigenvalue weighted by Gasteiger charge is 2.20. The Balaban J connectivity index is 1.73. The molecule has 0 aliphatic carbocycles. The third-order valence-electron chi connectivity index (χ3n) is 4.28. The predicted molar refractivity (Wildman–Crippen MR) is 101 cm³/mol. The van der Waals surface area contributed by atoms with E-state index in [0.29, 0.717) is 11.5 Å². The maximum Gasteiger partial charge on any atom is 0.274 e. The van der Waals surface area contributed by atoms with Crippen molar-refractivity contribution >= 4 is 28.4 Å². The Morgan fingerprint density at radius 3 is 2.59 bits per heavy atom. The summed E-state index contributed by atoms with van der Waals surface area (Å²) in [6.45, 7) is 0. The monoisotopic (exact) mass is 413 g/mol. The van der Waals surface area contributed by atoms with Crippen LogP contribution in [-0.2, 0) is 7.05 Å². The van der Waals surface area contributed by atoms with Gasteiger partial charge in [0.1, 0.15) is 17.3 Å². The Kier molecular flexibility index (Phi) is 4.95.